The van der Waals surface area contributed by atoms with Crippen LogP contribution in [0.25, 0.3) is 0 Å². The lowest BCUT2D eigenvalue weighted by Gasteiger charge is -2.20. The molecule has 25 heavy (non-hydrogen) atoms. The lowest BCUT2D eigenvalue weighted by Crippen LogP contribution is -2.27. The van der Waals surface area contributed by atoms with E-state index in [2.05, 4.69) is 5.32 Å². The van der Waals surface area contributed by atoms with Crippen LogP contribution in [0.5, 0.6) is 0 Å². The first kappa shape index (κ1) is 16.7. The van der Waals surface area contributed by atoms with E-state index >= 15 is 0 Å². The molecule has 3 nitrogen and oxygen atoms in total. The lowest BCUT2D eigenvalue weighted by molar-refractivity contribution is 0.0785. The number of rotatable bonds is 5. The smallest absolute Gasteiger partial charge is 0.256 e. The summed E-state index contributed by atoms with van der Waals surface area (Å²) in [6.45, 7) is 0.213. The average Bonchev–Trinajstić information content (AvgIpc) is 2.64. The third kappa shape index (κ3) is 4.04. The number of nitrogens with zero attached hydrogens (tertiary/aromatic N) is 1. The van der Waals surface area contributed by atoms with Gasteiger partial charge in [0.1, 0.15) is 5.82 Å². The van der Waals surface area contributed by atoms with Gasteiger partial charge in [-0.15, -0.1) is 0 Å². The third-order valence-corrected chi connectivity index (χ3v) is 3.92. The molecule has 3 aromatic carbocycles. The molecule has 0 fully saturated rings. The number of carbonyl (C=O) groups is 1. The number of nitrogens with one attached hydrogen (secondary N) is 1. The van der Waals surface area contributed by atoms with Gasteiger partial charge < -0.3 is 10.2 Å². The molecule has 0 aliphatic heterocycles. The monoisotopic (exact) mass is 334 g/mol. The highest BCUT2D eigenvalue weighted by molar-refractivity contribution is 6.00. The maximum atomic E-state index is 13.8. The second-order valence-electron chi connectivity index (χ2n) is 5.79. The van der Waals surface area contributed by atoms with Crippen LogP contribution in [0.15, 0.2) is 78.9 Å². The number of hydrogen-bond acceptors (Lipinski definition) is 2. The van der Waals surface area contributed by atoms with Crippen LogP contribution in [0, 0.1) is 5.82 Å². The van der Waals surface area contributed by atoms with Gasteiger partial charge in [-0.05, 0) is 30.3 Å². The molecule has 1 N–H and O–H groups in total. The number of benzene rings is 3. The first-order chi connectivity index (χ1) is 12.1. The first-order valence-electron chi connectivity index (χ1n) is 8.05. The molecule has 0 unspecified atom stereocenters. The van der Waals surface area contributed by atoms with Gasteiger partial charge in [-0.25, -0.2) is 4.39 Å². The van der Waals surface area contributed by atoms with Crippen LogP contribution >= 0.6 is 0 Å². The summed E-state index contributed by atoms with van der Waals surface area (Å²) < 4.78 is 13.8. The predicted octanol–water partition coefficient (Wildman–Crippen LogP) is 4.84. The largest absolute Gasteiger partial charge is 0.355 e. The third-order valence-electron chi connectivity index (χ3n) is 3.92. The summed E-state index contributed by atoms with van der Waals surface area (Å²) in [5.41, 5.74) is 2.66. The summed E-state index contributed by atoms with van der Waals surface area (Å²) in [6.07, 6.45) is 0. The van der Waals surface area contributed by atoms with Gasteiger partial charge in [0.2, 0.25) is 0 Å². The van der Waals surface area contributed by atoms with Crippen LogP contribution < -0.4 is 5.32 Å². The van der Waals surface area contributed by atoms with Crippen molar-refractivity contribution in [2.45, 2.75) is 6.54 Å². The molecule has 0 saturated heterocycles. The van der Waals surface area contributed by atoms with Crippen LogP contribution in [0.1, 0.15) is 15.9 Å². The molecule has 1 amide bonds. The number of hydrogen-bond donors (Lipinski definition) is 1. The SMILES string of the molecule is CN(Cc1ccccc1F)C(=O)c1ccccc1Nc1ccccc1. The van der Waals surface area contributed by atoms with E-state index in [0.717, 1.165) is 11.4 Å². The quantitative estimate of drug-likeness (QED) is 0.724. The summed E-state index contributed by atoms with van der Waals surface area (Å²) in [7, 11) is 1.67. The van der Waals surface area contributed by atoms with Gasteiger partial charge in [-0.2, -0.15) is 0 Å². The molecule has 3 aromatic rings. The van der Waals surface area contributed by atoms with Gasteiger partial charge in [-0.1, -0.05) is 48.5 Å². The van der Waals surface area contributed by atoms with Crippen LogP contribution in [-0.4, -0.2) is 17.9 Å². The molecular weight excluding hydrogens is 315 g/mol. The molecule has 0 radical (unpaired) electrons. The summed E-state index contributed by atoms with van der Waals surface area (Å²) in [6, 6.07) is 23.5. The van der Waals surface area contributed by atoms with Gasteiger partial charge in [0.15, 0.2) is 0 Å². The highest BCUT2D eigenvalue weighted by Crippen LogP contribution is 2.22. The van der Waals surface area contributed by atoms with E-state index in [9.17, 15) is 9.18 Å². The summed E-state index contributed by atoms with van der Waals surface area (Å²) >= 11 is 0. The van der Waals surface area contributed by atoms with Gasteiger partial charge in [0.25, 0.3) is 5.91 Å². The molecule has 0 aliphatic carbocycles. The number of amides is 1. The van der Waals surface area contributed by atoms with Crippen molar-refractivity contribution in [2.75, 3.05) is 12.4 Å². The zero-order valence-electron chi connectivity index (χ0n) is 13.9. The van der Waals surface area contributed by atoms with Gasteiger partial charge >= 0.3 is 0 Å². The molecule has 0 atom stereocenters. The number of halogens is 1. The Morgan fingerprint density at radius 1 is 0.920 bits per heavy atom. The van der Waals surface area contributed by atoms with Gasteiger partial charge in [0, 0.05) is 24.8 Å². The Labute approximate surface area is 146 Å². The lowest BCUT2D eigenvalue weighted by atomic mass is 10.1. The molecule has 4 heteroatoms. The Hall–Kier alpha value is -3.14. The van der Waals surface area contributed by atoms with E-state index in [1.54, 1.807) is 31.3 Å². The molecule has 0 aromatic heterocycles. The summed E-state index contributed by atoms with van der Waals surface area (Å²) in [5.74, 6) is -0.472. The molecule has 3 rings (SSSR count). The van der Waals surface area contributed by atoms with E-state index in [-0.39, 0.29) is 18.3 Å². The van der Waals surface area contributed by atoms with Crippen molar-refractivity contribution in [3.05, 3.63) is 95.8 Å². The molecule has 126 valence electrons. The molecule has 0 heterocycles. The molecule has 0 saturated carbocycles. The van der Waals surface area contributed by atoms with Gasteiger partial charge in [-0.3, -0.25) is 4.79 Å². The van der Waals surface area contributed by atoms with Gasteiger partial charge in [0.05, 0.1) is 11.3 Å². The minimum absolute atomic E-state index is 0.165. The van der Waals surface area contributed by atoms with E-state index in [4.69, 9.17) is 0 Å². The van der Waals surface area contributed by atoms with E-state index in [0.29, 0.717) is 11.1 Å². The van der Waals surface area contributed by atoms with Crippen molar-refractivity contribution in [3.63, 3.8) is 0 Å². The fourth-order valence-electron chi connectivity index (χ4n) is 2.62. The maximum absolute atomic E-state index is 13.8. The van der Waals surface area contributed by atoms with Crippen LogP contribution in [0.2, 0.25) is 0 Å². The second-order valence-corrected chi connectivity index (χ2v) is 5.79. The van der Waals surface area contributed by atoms with Crippen molar-refractivity contribution in [2.24, 2.45) is 0 Å². The molecule has 0 aliphatic rings. The number of anilines is 2. The highest BCUT2D eigenvalue weighted by Gasteiger charge is 2.17. The Balaban J connectivity index is 1.81. The van der Waals surface area contributed by atoms with Crippen molar-refractivity contribution in [1.82, 2.24) is 4.90 Å². The van der Waals surface area contributed by atoms with E-state index in [1.165, 1.54) is 11.0 Å². The van der Waals surface area contributed by atoms with E-state index in [1.807, 2.05) is 48.5 Å². The Kier molecular flexibility index (Phi) is 5.09. The zero-order valence-corrected chi connectivity index (χ0v) is 13.9. The van der Waals surface area contributed by atoms with E-state index < -0.39 is 0 Å². The van der Waals surface area contributed by atoms with Crippen molar-refractivity contribution >= 4 is 17.3 Å². The summed E-state index contributed by atoms with van der Waals surface area (Å²) in [4.78, 5) is 14.4. The van der Waals surface area contributed by atoms with Crippen LogP contribution in [0.4, 0.5) is 15.8 Å². The van der Waals surface area contributed by atoms with Crippen molar-refractivity contribution in [3.8, 4) is 0 Å². The van der Waals surface area contributed by atoms with Crippen LogP contribution in [0.3, 0.4) is 0 Å². The minimum Gasteiger partial charge on any atom is -0.355 e. The highest BCUT2D eigenvalue weighted by atomic mass is 19.1. The van der Waals surface area contributed by atoms with Crippen molar-refractivity contribution in [1.29, 1.82) is 0 Å². The Bertz CT molecular complexity index is 865. The Morgan fingerprint density at radius 2 is 1.56 bits per heavy atom. The van der Waals surface area contributed by atoms with Crippen molar-refractivity contribution < 1.29 is 9.18 Å². The fourth-order valence-corrected chi connectivity index (χ4v) is 2.62. The Morgan fingerprint density at radius 3 is 2.32 bits per heavy atom. The standard InChI is InChI=1S/C21H19FN2O/c1-24(15-16-9-5-7-13-19(16)22)21(25)18-12-6-8-14-20(18)23-17-10-3-2-4-11-17/h2-14,23H,15H2,1H3. The topological polar surface area (TPSA) is 32.3 Å². The summed E-state index contributed by atoms with van der Waals surface area (Å²) in [5, 5.41) is 3.26. The maximum Gasteiger partial charge on any atom is 0.256 e. The zero-order chi connectivity index (χ0) is 17.6. The molecule has 0 spiro atoms. The normalized spacial score (nSPS) is 10.3. The minimum atomic E-state index is -0.308. The number of para-hydroxylation sites is 2. The number of carbonyl (C=O) groups excluding carboxylic acids is 1. The predicted molar refractivity (Wildman–Crippen MR) is 98.4 cm³/mol. The fraction of sp³-hybridized carbons (Fsp3) is 0.0952. The molecule has 0 bridgehead atoms. The molecular formula is C21H19FN2O. The second kappa shape index (κ2) is 7.62. The first-order valence-corrected chi connectivity index (χ1v) is 8.05. The average molecular weight is 334 g/mol. The van der Waals surface area contributed by atoms with Crippen LogP contribution in [-0.2, 0) is 6.54 Å².